The molecule has 0 aliphatic rings. The molecular weight excluding hydrogens is 221 g/mol. The minimum Gasteiger partial charge on any atom is -0.292 e. The third kappa shape index (κ3) is 2.55. The summed E-state index contributed by atoms with van der Waals surface area (Å²) in [6.45, 7) is 0.0350. The van der Waals surface area contributed by atoms with E-state index in [1.54, 1.807) is 0 Å². The fourth-order valence-electron chi connectivity index (χ4n) is 1.38. The van der Waals surface area contributed by atoms with E-state index < -0.39 is 0 Å². The molecule has 0 saturated heterocycles. The number of carbonyl (C=O) groups is 1. The maximum absolute atomic E-state index is 12.7. The molecule has 0 radical (unpaired) electrons. The predicted octanol–water partition coefficient (Wildman–Crippen LogP) is 1.78. The van der Waals surface area contributed by atoms with Gasteiger partial charge >= 0.3 is 0 Å². The number of rotatable bonds is 3. The van der Waals surface area contributed by atoms with Gasteiger partial charge in [0.25, 0.3) is 0 Å². The third-order valence-electron chi connectivity index (χ3n) is 2.23. The quantitative estimate of drug-likeness (QED) is 0.754. The molecule has 2 rings (SSSR count). The Balaban J connectivity index is 2.11. The lowest BCUT2D eigenvalue weighted by Gasteiger charge is -2.00. The topological polar surface area (TPSA) is 58.7 Å². The van der Waals surface area contributed by atoms with E-state index in [1.165, 1.54) is 41.3 Å². The van der Waals surface area contributed by atoms with E-state index in [0.717, 1.165) is 0 Å². The molecule has 0 spiro atoms. The Morgan fingerprint density at radius 3 is 2.71 bits per heavy atom. The molecule has 0 fully saturated rings. The van der Waals surface area contributed by atoms with Crippen LogP contribution in [0.2, 0.25) is 0 Å². The van der Waals surface area contributed by atoms with Gasteiger partial charge in [-0.25, -0.2) is 4.39 Å². The van der Waals surface area contributed by atoms with Crippen molar-refractivity contribution in [3.8, 4) is 6.07 Å². The summed E-state index contributed by atoms with van der Waals surface area (Å²) < 4.78 is 14.0. The van der Waals surface area contributed by atoms with Gasteiger partial charge in [-0.05, 0) is 24.3 Å². The highest BCUT2D eigenvalue weighted by molar-refractivity contribution is 5.95. The molecule has 17 heavy (non-hydrogen) atoms. The summed E-state index contributed by atoms with van der Waals surface area (Å²) in [6, 6.07) is 7.24. The first-order valence-electron chi connectivity index (χ1n) is 4.90. The van der Waals surface area contributed by atoms with Crippen molar-refractivity contribution in [3.05, 3.63) is 53.6 Å². The molecule has 0 aliphatic heterocycles. The van der Waals surface area contributed by atoms with Crippen molar-refractivity contribution in [2.24, 2.45) is 0 Å². The zero-order valence-electron chi connectivity index (χ0n) is 8.80. The number of carbonyl (C=O) groups excluding carboxylic acids is 1. The number of hydrogen-bond acceptors (Lipinski definition) is 3. The highest BCUT2D eigenvalue weighted by Crippen LogP contribution is 2.05. The van der Waals surface area contributed by atoms with Crippen LogP contribution in [-0.4, -0.2) is 15.6 Å². The number of hydrogen-bond donors (Lipinski definition) is 0. The number of nitrogens with zero attached hydrogens (tertiary/aromatic N) is 3. The maximum Gasteiger partial charge on any atom is 0.184 e. The fraction of sp³-hybridized carbons (Fsp3) is 0.0833. The van der Waals surface area contributed by atoms with Crippen LogP contribution in [0.3, 0.4) is 0 Å². The van der Waals surface area contributed by atoms with Crippen molar-refractivity contribution in [1.29, 1.82) is 5.26 Å². The Hall–Kier alpha value is -2.48. The first kappa shape index (κ1) is 11.0. The Bertz CT molecular complexity index is 581. The largest absolute Gasteiger partial charge is 0.292 e. The first-order valence-corrected chi connectivity index (χ1v) is 4.90. The highest BCUT2D eigenvalue weighted by Gasteiger charge is 2.07. The number of halogens is 1. The lowest BCUT2D eigenvalue weighted by Crippen LogP contribution is -2.10. The summed E-state index contributed by atoms with van der Waals surface area (Å²) in [6.07, 6.45) is 2.87. The van der Waals surface area contributed by atoms with E-state index in [4.69, 9.17) is 5.26 Å². The summed E-state index contributed by atoms with van der Waals surface area (Å²) in [4.78, 5) is 11.8. The maximum atomic E-state index is 12.7. The number of ketones is 1. The summed E-state index contributed by atoms with van der Waals surface area (Å²) >= 11 is 0. The van der Waals surface area contributed by atoms with Crippen molar-refractivity contribution < 1.29 is 9.18 Å². The molecule has 1 aromatic carbocycles. The van der Waals surface area contributed by atoms with Crippen molar-refractivity contribution in [3.63, 3.8) is 0 Å². The molecule has 5 heteroatoms. The van der Waals surface area contributed by atoms with Gasteiger partial charge in [-0.15, -0.1) is 0 Å². The van der Waals surface area contributed by atoms with Crippen molar-refractivity contribution in [2.75, 3.05) is 0 Å². The molecule has 0 bridgehead atoms. The van der Waals surface area contributed by atoms with Crippen LogP contribution < -0.4 is 0 Å². The Morgan fingerprint density at radius 2 is 2.12 bits per heavy atom. The molecule has 0 aliphatic carbocycles. The third-order valence-corrected chi connectivity index (χ3v) is 2.23. The fourth-order valence-corrected chi connectivity index (χ4v) is 1.38. The van der Waals surface area contributed by atoms with Crippen LogP contribution >= 0.6 is 0 Å². The second kappa shape index (κ2) is 4.58. The lowest BCUT2D eigenvalue weighted by molar-refractivity contribution is 0.0967. The minimum atomic E-state index is -0.382. The van der Waals surface area contributed by atoms with Crippen molar-refractivity contribution in [1.82, 2.24) is 9.78 Å². The molecule has 0 amide bonds. The van der Waals surface area contributed by atoms with Crippen LogP contribution in [0.1, 0.15) is 15.9 Å². The van der Waals surface area contributed by atoms with Gasteiger partial charge in [0, 0.05) is 11.8 Å². The Morgan fingerprint density at radius 1 is 1.41 bits per heavy atom. The van der Waals surface area contributed by atoms with Crippen LogP contribution in [0.5, 0.6) is 0 Å². The van der Waals surface area contributed by atoms with Gasteiger partial charge in [0.1, 0.15) is 18.4 Å². The van der Waals surface area contributed by atoms with Gasteiger partial charge in [-0.3, -0.25) is 9.48 Å². The standard InChI is InChI=1S/C12H8FN3O/c13-11-3-1-10(2-4-11)12(17)8-16-7-9(5-14)6-15-16/h1-4,6-7H,8H2. The molecule has 4 nitrogen and oxygen atoms in total. The van der Waals surface area contributed by atoms with E-state index in [9.17, 15) is 9.18 Å². The summed E-state index contributed by atoms with van der Waals surface area (Å²) in [7, 11) is 0. The second-order valence-corrected chi connectivity index (χ2v) is 3.47. The molecule has 1 heterocycles. The molecule has 0 saturated carbocycles. The van der Waals surface area contributed by atoms with Gasteiger partial charge in [0.2, 0.25) is 0 Å². The summed E-state index contributed by atoms with van der Waals surface area (Å²) in [5.41, 5.74) is 0.817. The van der Waals surface area contributed by atoms with Crippen LogP contribution in [0.25, 0.3) is 0 Å². The molecule has 0 atom stereocenters. The molecule has 0 N–H and O–H groups in total. The number of benzene rings is 1. The number of nitriles is 1. The predicted molar refractivity (Wildman–Crippen MR) is 57.7 cm³/mol. The monoisotopic (exact) mass is 229 g/mol. The van der Waals surface area contributed by atoms with Gasteiger partial charge in [0.15, 0.2) is 5.78 Å². The Labute approximate surface area is 96.9 Å². The van der Waals surface area contributed by atoms with Crippen LogP contribution in [0.4, 0.5) is 4.39 Å². The van der Waals surface area contributed by atoms with Crippen molar-refractivity contribution >= 4 is 5.78 Å². The van der Waals surface area contributed by atoms with E-state index in [1.807, 2.05) is 6.07 Å². The van der Waals surface area contributed by atoms with E-state index in [2.05, 4.69) is 5.10 Å². The lowest BCUT2D eigenvalue weighted by atomic mass is 10.1. The van der Waals surface area contributed by atoms with Crippen LogP contribution in [0.15, 0.2) is 36.7 Å². The average molecular weight is 229 g/mol. The van der Waals surface area contributed by atoms with Gasteiger partial charge in [0.05, 0.1) is 11.8 Å². The van der Waals surface area contributed by atoms with Gasteiger partial charge < -0.3 is 0 Å². The number of Topliss-reactive ketones (excluding diaryl/α,β-unsaturated/α-hetero) is 1. The first-order chi connectivity index (χ1) is 8.19. The molecule has 1 aromatic heterocycles. The van der Waals surface area contributed by atoms with E-state index >= 15 is 0 Å². The van der Waals surface area contributed by atoms with Gasteiger partial charge in [-0.2, -0.15) is 10.4 Å². The highest BCUT2D eigenvalue weighted by atomic mass is 19.1. The molecule has 84 valence electrons. The molecule has 2 aromatic rings. The minimum absolute atomic E-state index is 0.0350. The zero-order valence-corrected chi connectivity index (χ0v) is 8.80. The SMILES string of the molecule is N#Cc1cnn(CC(=O)c2ccc(F)cc2)c1. The normalized spacial score (nSPS) is 9.88. The average Bonchev–Trinajstić information content (AvgIpc) is 2.77. The van der Waals surface area contributed by atoms with Gasteiger partial charge in [-0.1, -0.05) is 0 Å². The zero-order chi connectivity index (χ0) is 12.3. The second-order valence-electron chi connectivity index (χ2n) is 3.47. The molecular formula is C12H8FN3O. The van der Waals surface area contributed by atoms with Crippen LogP contribution in [0, 0.1) is 17.1 Å². The number of aromatic nitrogens is 2. The Kier molecular flexibility index (Phi) is 2.97. The van der Waals surface area contributed by atoms with Crippen molar-refractivity contribution in [2.45, 2.75) is 6.54 Å². The smallest absolute Gasteiger partial charge is 0.184 e. The summed E-state index contributed by atoms with van der Waals surface area (Å²) in [5, 5.41) is 12.5. The summed E-state index contributed by atoms with van der Waals surface area (Å²) in [5.74, 6) is -0.565. The van der Waals surface area contributed by atoms with Crippen LogP contribution in [-0.2, 0) is 6.54 Å². The van der Waals surface area contributed by atoms with E-state index in [-0.39, 0.29) is 18.1 Å². The molecule has 0 unspecified atom stereocenters. The van der Waals surface area contributed by atoms with E-state index in [0.29, 0.717) is 11.1 Å².